The van der Waals surface area contributed by atoms with Crippen LogP contribution in [0.25, 0.3) is 105 Å². The van der Waals surface area contributed by atoms with Crippen molar-refractivity contribution < 1.29 is 4.42 Å². The van der Waals surface area contributed by atoms with Crippen molar-refractivity contribution >= 4 is 59.8 Å². The third-order valence-electron chi connectivity index (χ3n) is 12.5. The first kappa shape index (κ1) is 34.4. The lowest BCUT2D eigenvalue weighted by Crippen LogP contribution is -2.19. The van der Waals surface area contributed by atoms with Crippen LogP contribution in [0.4, 0.5) is 0 Å². The fourth-order valence-electron chi connectivity index (χ4n) is 9.16. The van der Waals surface area contributed by atoms with E-state index in [9.17, 15) is 0 Å². The molecule has 2 aromatic heterocycles. The minimum Gasteiger partial charge on any atom is -0.456 e. The van der Waals surface area contributed by atoms with E-state index in [0.717, 1.165) is 72.3 Å². The molecule has 12 rings (SSSR count). The van der Waals surface area contributed by atoms with E-state index in [0.29, 0.717) is 17.5 Å². The van der Waals surface area contributed by atoms with Gasteiger partial charge in [0.15, 0.2) is 17.5 Å². The second-order valence-corrected chi connectivity index (χ2v) is 16.3. The van der Waals surface area contributed by atoms with E-state index < -0.39 is 0 Å². The Balaban J connectivity index is 1.00. The highest BCUT2D eigenvalue weighted by Gasteiger charge is 2.29. The molecule has 2 heterocycles. The zero-order chi connectivity index (χ0) is 39.8. The molecule has 0 amide bonds. The summed E-state index contributed by atoms with van der Waals surface area (Å²) >= 11 is 0. The summed E-state index contributed by atoms with van der Waals surface area (Å²) in [5.74, 6) is 1.98. The Hall–Kier alpha value is -7.69. The summed E-state index contributed by atoms with van der Waals surface area (Å²) in [6, 6.07) is 56.1. The SMILES string of the molecule is CC12C=CC=CC1=CC(c1nc(-c3ccc4ccccc4c3)nc(-c3ccc4cc(-c5c(-c6ccc7ccccc7c6)ccc6oc7ccccc7c56)ccc4c3)n1)=CC2. The second kappa shape index (κ2) is 13.4. The summed E-state index contributed by atoms with van der Waals surface area (Å²) in [5, 5.41) is 9.24. The topological polar surface area (TPSA) is 51.8 Å². The first-order valence-corrected chi connectivity index (χ1v) is 20.5. The van der Waals surface area contributed by atoms with E-state index in [1.165, 1.54) is 32.9 Å². The maximum Gasteiger partial charge on any atom is 0.164 e. The number of benzene rings is 8. The zero-order valence-corrected chi connectivity index (χ0v) is 32.9. The van der Waals surface area contributed by atoms with Gasteiger partial charge in [-0.05, 0) is 103 Å². The van der Waals surface area contributed by atoms with Crippen LogP contribution in [0.1, 0.15) is 19.2 Å². The fourth-order valence-corrected chi connectivity index (χ4v) is 9.16. The second-order valence-electron chi connectivity index (χ2n) is 16.3. The van der Waals surface area contributed by atoms with Crippen LogP contribution >= 0.6 is 0 Å². The largest absolute Gasteiger partial charge is 0.456 e. The average molecular weight is 768 g/mol. The number of nitrogens with zero attached hydrogens (tertiary/aromatic N) is 3. The number of hydrogen-bond donors (Lipinski definition) is 0. The number of para-hydroxylation sites is 1. The van der Waals surface area contributed by atoms with Gasteiger partial charge in [-0.3, -0.25) is 0 Å². The molecule has 4 nitrogen and oxygen atoms in total. The van der Waals surface area contributed by atoms with Gasteiger partial charge in [0.25, 0.3) is 0 Å². The Morgan fingerprint density at radius 2 is 1.07 bits per heavy atom. The average Bonchev–Trinajstić information content (AvgIpc) is 3.69. The third-order valence-corrected chi connectivity index (χ3v) is 12.5. The highest BCUT2D eigenvalue weighted by atomic mass is 16.3. The van der Waals surface area contributed by atoms with Crippen LogP contribution in [0.3, 0.4) is 0 Å². The number of furan rings is 1. The normalized spacial score (nSPS) is 16.1. The first-order valence-electron chi connectivity index (χ1n) is 20.5. The molecule has 0 radical (unpaired) electrons. The van der Waals surface area contributed by atoms with E-state index in [-0.39, 0.29) is 5.41 Å². The van der Waals surface area contributed by atoms with Crippen molar-refractivity contribution in [2.75, 3.05) is 0 Å². The molecule has 2 aliphatic rings. The maximum absolute atomic E-state index is 6.44. The van der Waals surface area contributed by atoms with Crippen molar-refractivity contribution in [3.05, 3.63) is 206 Å². The Kier molecular flexibility index (Phi) is 7.69. The van der Waals surface area contributed by atoms with Gasteiger partial charge in [-0.25, -0.2) is 15.0 Å². The lowest BCUT2D eigenvalue weighted by atomic mass is 9.73. The van der Waals surface area contributed by atoms with Crippen molar-refractivity contribution in [1.82, 2.24) is 15.0 Å². The molecular weight excluding hydrogens is 731 g/mol. The van der Waals surface area contributed by atoms with Crippen molar-refractivity contribution in [1.29, 1.82) is 0 Å². The zero-order valence-electron chi connectivity index (χ0n) is 32.9. The molecule has 0 fully saturated rings. The molecule has 2 aliphatic carbocycles. The molecule has 8 aromatic carbocycles. The monoisotopic (exact) mass is 767 g/mol. The predicted octanol–water partition coefficient (Wildman–Crippen LogP) is 14.7. The standard InChI is InChI=1S/C56H37N3O/c1-56-28-9-8-14-46(56)34-45(27-29-56)55-58-53(43-23-18-36-11-3-5-13-38(36)32-43)57-54(59-55)44-24-20-39-31-42(22-19-40(39)33-44)51-47(41-21-17-35-10-2-4-12-37(35)30-41)25-26-50-52(51)48-15-6-7-16-49(48)60-50/h2-28,30-34H,29H2,1H3. The molecule has 4 heteroatoms. The van der Waals surface area contributed by atoms with E-state index >= 15 is 0 Å². The predicted molar refractivity (Wildman–Crippen MR) is 248 cm³/mol. The van der Waals surface area contributed by atoms with Gasteiger partial charge in [0.05, 0.1) is 0 Å². The van der Waals surface area contributed by atoms with Gasteiger partial charge >= 0.3 is 0 Å². The quantitative estimate of drug-likeness (QED) is 0.175. The van der Waals surface area contributed by atoms with Gasteiger partial charge in [0.2, 0.25) is 0 Å². The van der Waals surface area contributed by atoms with E-state index in [1.54, 1.807) is 0 Å². The number of hydrogen-bond acceptors (Lipinski definition) is 4. The van der Waals surface area contributed by atoms with Crippen molar-refractivity contribution in [2.24, 2.45) is 5.41 Å². The van der Waals surface area contributed by atoms with Crippen molar-refractivity contribution in [3.8, 4) is 45.0 Å². The van der Waals surface area contributed by atoms with Crippen LogP contribution in [0.15, 0.2) is 204 Å². The van der Waals surface area contributed by atoms with Gasteiger partial charge < -0.3 is 4.42 Å². The Morgan fingerprint density at radius 1 is 0.500 bits per heavy atom. The van der Waals surface area contributed by atoms with Crippen LogP contribution in [-0.4, -0.2) is 15.0 Å². The van der Waals surface area contributed by atoms with Crippen LogP contribution in [0.2, 0.25) is 0 Å². The smallest absolute Gasteiger partial charge is 0.164 e. The molecule has 1 unspecified atom stereocenters. The summed E-state index contributed by atoms with van der Waals surface area (Å²) in [5.41, 5.74) is 10.5. The molecular formula is C56H37N3O. The third kappa shape index (κ3) is 5.71. The van der Waals surface area contributed by atoms with Crippen LogP contribution in [-0.2, 0) is 0 Å². The molecule has 0 N–H and O–H groups in total. The summed E-state index contributed by atoms with van der Waals surface area (Å²) in [4.78, 5) is 15.5. The van der Waals surface area contributed by atoms with Crippen molar-refractivity contribution in [2.45, 2.75) is 13.3 Å². The molecule has 0 bridgehead atoms. The van der Waals surface area contributed by atoms with E-state index in [1.807, 2.05) is 6.07 Å². The maximum atomic E-state index is 6.44. The summed E-state index contributed by atoms with van der Waals surface area (Å²) < 4.78 is 6.44. The van der Waals surface area contributed by atoms with Crippen LogP contribution in [0.5, 0.6) is 0 Å². The molecule has 0 aliphatic heterocycles. The van der Waals surface area contributed by atoms with Gasteiger partial charge in [0, 0.05) is 38.5 Å². The van der Waals surface area contributed by atoms with E-state index in [2.05, 4.69) is 195 Å². The van der Waals surface area contributed by atoms with Crippen molar-refractivity contribution in [3.63, 3.8) is 0 Å². The van der Waals surface area contributed by atoms with E-state index in [4.69, 9.17) is 19.4 Å². The fraction of sp³-hybridized carbons (Fsp3) is 0.0536. The minimum absolute atomic E-state index is 0.0288. The first-order chi connectivity index (χ1) is 29.5. The Bertz CT molecular complexity index is 3550. The lowest BCUT2D eigenvalue weighted by Gasteiger charge is -2.31. The van der Waals surface area contributed by atoms with Gasteiger partial charge in [0.1, 0.15) is 11.2 Å². The number of fused-ring (bicyclic) bond motifs is 7. The van der Waals surface area contributed by atoms with Gasteiger partial charge in [-0.2, -0.15) is 0 Å². The summed E-state index contributed by atoms with van der Waals surface area (Å²) in [7, 11) is 0. The molecule has 282 valence electrons. The highest BCUT2D eigenvalue weighted by Crippen LogP contribution is 2.45. The molecule has 0 spiro atoms. The summed E-state index contributed by atoms with van der Waals surface area (Å²) in [6.07, 6.45) is 14.1. The number of aromatic nitrogens is 3. The van der Waals surface area contributed by atoms with Gasteiger partial charge in [-0.15, -0.1) is 0 Å². The van der Waals surface area contributed by atoms with Crippen LogP contribution in [0, 0.1) is 5.41 Å². The molecule has 1 atom stereocenters. The Labute approximate surface area is 347 Å². The molecule has 60 heavy (non-hydrogen) atoms. The number of allylic oxidation sites excluding steroid dienone is 8. The number of rotatable bonds is 5. The Morgan fingerprint density at radius 3 is 1.80 bits per heavy atom. The minimum atomic E-state index is -0.0288. The molecule has 10 aromatic rings. The van der Waals surface area contributed by atoms with Crippen LogP contribution < -0.4 is 0 Å². The lowest BCUT2D eigenvalue weighted by molar-refractivity contribution is 0.528. The summed E-state index contributed by atoms with van der Waals surface area (Å²) in [6.45, 7) is 2.29. The molecule has 0 saturated heterocycles. The van der Waals surface area contributed by atoms with Gasteiger partial charge in [-0.1, -0.05) is 159 Å². The molecule has 0 saturated carbocycles. The highest BCUT2D eigenvalue weighted by molar-refractivity contribution is 6.16.